The summed E-state index contributed by atoms with van der Waals surface area (Å²) in [5.74, 6) is 6.31. The van der Waals surface area contributed by atoms with Crippen LogP contribution >= 0.6 is 22.6 Å². The molecular formula is C8H13IN2O. The van der Waals surface area contributed by atoms with Gasteiger partial charge in [0.1, 0.15) is 5.76 Å². The molecule has 12 heavy (non-hydrogen) atoms. The Morgan fingerprint density at radius 1 is 1.67 bits per heavy atom. The van der Waals surface area contributed by atoms with Crippen LogP contribution in [0.1, 0.15) is 31.6 Å². The van der Waals surface area contributed by atoms with Crippen molar-refractivity contribution in [1.29, 1.82) is 0 Å². The lowest BCUT2D eigenvalue weighted by Crippen LogP contribution is -2.27. The largest absolute Gasteiger partial charge is 0.454 e. The van der Waals surface area contributed by atoms with Crippen molar-refractivity contribution >= 4 is 22.6 Å². The number of hydrogen-bond donors (Lipinski definition) is 2. The molecule has 68 valence electrons. The van der Waals surface area contributed by atoms with Crippen LogP contribution in [0.15, 0.2) is 16.5 Å². The third kappa shape index (κ3) is 2.46. The highest BCUT2D eigenvalue weighted by atomic mass is 127. The molecule has 0 amide bonds. The van der Waals surface area contributed by atoms with Crippen molar-refractivity contribution in [1.82, 2.24) is 5.43 Å². The predicted molar refractivity (Wildman–Crippen MR) is 56.4 cm³/mol. The topological polar surface area (TPSA) is 51.2 Å². The first-order chi connectivity index (χ1) is 5.77. The fraction of sp³-hybridized carbons (Fsp3) is 0.500. The van der Waals surface area contributed by atoms with E-state index in [0.29, 0.717) is 0 Å². The van der Waals surface area contributed by atoms with Gasteiger partial charge in [-0.25, -0.2) is 5.43 Å². The summed E-state index contributed by atoms with van der Waals surface area (Å²) in [7, 11) is 0. The number of nitrogens with two attached hydrogens (primary N) is 1. The quantitative estimate of drug-likeness (QED) is 0.505. The zero-order chi connectivity index (χ0) is 8.97. The molecule has 1 rings (SSSR count). The number of nitrogens with one attached hydrogen (secondary N) is 1. The molecule has 0 aliphatic rings. The van der Waals surface area contributed by atoms with Crippen LogP contribution in [0.2, 0.25) is 0 Å². The van der Waals surface area contributed by atoms with Gasteiger partial charge in [-0.05, 0) is 41.1 Å². The number of hydrazine groups is 1. The van der Waals surface area contributed by atoms with Crippen molar-refractivity contribution in [3.8, 4) is 0 Å². The molecule has 0 fully saturated rings. The van der Waals surface area contributed by atoms with Gasteiger partial charge in [0.2, 0.25) is 0 Å². The summed E-state index contributed by atoms with van der Waals surface area (Å²) in [5.41, 5.74) is 2.74. The van der Waals surface area contributed by atoms with E-state index in [0.717, 1.165) is 22.4 Å². The molecule has 0 aliphatic carbocycles. The first-order valence-corrected chi connectivity index (χ1v) is 5.07. The van der Waals surface area contributed by atoms with Crippen molar-refractivity contribution in [3.05, 3.63) is 21.7 Å². The van der Waals surface area contributed by atoms with E-state index in [-0.39, 0.29) is 6.04 Å². The fourth-order valence-electron chi connectivity index (χ4n) is 1.11. The minimum Gasteiger partial charge on any atom is -0.454 e. The minimum absolute atomic E-state index is 0.151. The van der Waals surface area contributed by atoms with Crippen LogP contribution in [0.3, 0.4) is 0 Å². The van der Waals surface area contributed by atoms with E-state index < -0.39 is 0 Å². The van der Waals surface area contributed by atoms with Crippen LogP contribution < -0.4 is 11.3 Å². The Balaban J connectivity index is 2.66. The molecule has 0 bridgehead atoms. The SMILES string of the molecule is CCC[C@H](NN)c1ccc(I)o1. The third-order valence-electron chi connectivity index (χ3n) is 1.72. The minimum atomic E-state index is 0.151. The van der Waals surface area contributed by atoms with Crippen molar-refractivity contribution < 1.29 is 4.42 Å². The monoisotopic (exact) mass is 280 g/mol. The summed E-state index contributed by atoms with van der Waals surface area (Å²) in [6.07, 6.45) is 2.09. The zero-order valence-corrected chi connectivity index (χ0v) is 9.17. The number of furan rings is 1. The second kappa shape index (κ2) is 4.84. The Hall–Kier alpha value is -0.0700. The molecule has 4 heteroatoms. The molecule has 0 spiro atoms. The standard InChI is InChI=1S/C8H13IN2O/c1-2-3-6(11-10)7-4-5-8(9)12-7/h4-6,11H,2-3,10H2,1H3/t6-/m0/s1. The second-order valence-electron chi connectivity index (χ2n) is 2.65. The van der Waals surface area contributed by atoms with Crippen LogP contribution in [0.5, 0.6) is 0 Å². The lowest BCUT2D eigenvalue weighted by atomic mass is 10.1. The maximum atomic E-state index is 5.43. The van der Waals surface area contributed by atoms with Crippen LogP contribution in [0, 0.1) is 3.77 Å². The lowest BCUT2D eigenvalue weighted by molar-refractivity contribution is 0.387. The molecule has 0 unspecified atom stereocenters. The van der Waals surface area contributed by atoms with E-state index in [4.69, 9.17) is 10.3 Å². The maximum absolute atomic E-state index is 5.43. The summed E-state index contributed by atoms with van der Waals surface area (Å²) in [6.45, 7) is 2.12. The first-order valence-electron chi connectivity index (χ1n) is 3.99. The molecule has 0 aromatic carbocycles. The average Bonchev–Trinajstić information content (AvgIpc) is 2.47. The molecule has 0 saturated heterocycles. The van der Waals surface area contributed by atoms with Crippen molar-refractivity contribution in [2.24, 2.45) is 5.84 Å². The maximum Gasteiger partial charge on any atom is 0.164 e. The number of hydrogen-bond acceptors (Lipinski definition) is 3. The Morgan fingerprint density at radius 2 is 2.42 bits per heavy atom. The molecule has 0 saturated carbocycles. The molecule has 1 aromatic rings. The normalized spacial score (nSPS) is 13.2. The Bertz CT molecular complexity index is 237. The summed E-state index contributed by atoms with van der Waals surface area (Å²) in [5, 5.41) is 0. The highest BCUT2D eigenvalue weighted by Gasteiger charge is 2.11. The highest BCUT2D eigenvalue weighted by molar-refractivity contribution is 14.1. The molecule has 0 aliphatic heterocycles. The molecule has 3 nitrogen and oxygen atoms in total. The smallest absolute Gasteiger partial charge is 0.164 e. The Morgan fingerprint density at radius 3 is 2.83 bits per heavy atom. The summed E-state index contributed by atoms with van der Waals surface area (Å²) in [4.78, 5) is 0. The van der Waals surface area contributed by atoms with E-state index >= 15 is 0 Å². The van der Waals surface area contributed by atoms with E-state index in [9.17, 15) is 0 Å². The summed E-state index contributed by atoms with van der Waals surface area (Å²) < 4.78 is 6.34. The average molecular weight is 280 g/mol. The van der Waals surface area contributed by atoms with Gasteiger partial charge in [-0.1, -0.05) is 13.3 Å². The van der Waals surface area contributed by atoms with Gasteiger partial charge in [0.25, 0.3) is 0 Å². The number of halogens is 1. The van der Waals surface area contributed by atoms with Gasteiger partial charge < -0.3 is 4.42 Å². The Labute approximate surface area is 85.8 Å². The second-order valence-corrected chi connectivity index (χ2v) is 3.71. The van der Waals surface area contributed by atoms with E-state index in [1.807, 2.05) is 12.1 Å². The van der Waals surface area contributed by atoms with Gasteiger partial charge >= 0.3 is 0 Å². The molecule has 0 radical (unpaired) electrons. The fourth-order valence-corrected chi connectivity index (χ4v) is 1.55. The van der Waals surface area contributed by atoms with Gasteiger partial charge in [0.05, 0.1) is 6.04 Å². The van der Waals surface area contributed by atoms with Gasteiger partial charge in [0, 0.05) is 0 Å². The highest BCUT2D eigenvalue weighted by Crippen LogP contribution is 2.20. The first kappa shape index (κ1) is 10.0. The van der Waals surface area contributed by atoms with Crippen LogP contribution in [0.25, 0.3) is 0 Å². The van der Waals surface area contributed by atoms with Crippen LogP contribution in [-0.4, -0.2) is 0 Å². The lowest BCUT2D eigenvalue weighted by Gasteiger charge is -2.10. The van der Waals surface area contributed by atoms with Gasteiger partial charge in [0.15, 0.2) is 3.77 Å². The van der Waals surface area contributed by atoms with Gasteiger partial charge in [-0.3, -0.25) is 5.84 Å². The van der Waals surface area contributed by atoms with Crippen molar-refractivity contribution in [2.45, 2.75) is 25.8 Å². The third-order valence-corrected chi connectivity index (χ3v) is 2.30. The predicted octanol–water partition coefficient (Wildman–Crippen LogP) is 2.19. The van der Waals surface area contributed by atoms with Crippen molar-refractivity contribution in [3.63, 3.8) is 0 Å². The van der Waals surface area contributed by atoms with Crippen molar-refractivity contribution in [2.75, 3.05) is 0 Å². The van der Waals surface area contributed by atoms with E-state index in [1.165, 1.54) is 0 Å². The molecule has 1 aromatic heterocycles. The summed E-state index contributed by atoms with van der Waals surface area (Å²) >= 11 is 2.14. The summed E-state index contributed by atoms with van der Waals surface area (Å²) in [6, 6.07) is 4.05. The molecule has 1 atom stereocenters. The molecular weight excluding hydrogens is 267 g/mol. The van der Waals surface area contributed by atoms with Crippen LogP contribution in [-0.2, 0) is 0 Å². The van der Waals surface area contributed by atoms with Crippen LogP contribution in [0.4, 0.5) is 0 Å². The van der Waals surface area contributed by atoms with Gasteiger partial charge in [-0.15, -0.1) is 0 Å². The Kier molecular flexibility index (Phi) is 4.03. The van der Waals surface area contributed by atoms with E-state index in [1.54, 1.807) is 0 Å². The molecule has 3 N–H and O–H groups in total. The van der Waals surface area contributed by atoms with E-state index in [2.05, 4.69) is 34.9 Å². The molecule has 1 heterocycles. The zero-order valence-electron chi connectivity index (χ0n) is 7.01. The van der Waals surface area contributed by atoms with Gasteiger partial charge in [-0.2, -0.15) is 0 Å². The number of rotatable bonds is 4.